The number of aliphatic hydroxyl groups is 1. The number of carbonyl (C=O) groups is 1. The molecule has 126 valence electrons. The van der Waals surface area contributed by atoms with E-state index < -0.39 is 28.8 Å². The van der Waals surface area contributed by atoms with Crippen LogP contribution in [0.15, 0.2) is 29.2 Å². The number of alkyl halides is 1. The van der Waals surface area contributed by atoms with Crippen LogP contribution in [0.4, 0.5) is 10.1 Å². The highest BCUT2D eigenvalue weighted by Gasteiger charge is 2.40. The van der Waals surface area contributed by atoms with Crippen molar-refractivity contribution in [1.82, 2.24) is 4.31 Å². The first-order valence-electron chi connectivity index (χ1n) is 7.60. The van der Waals surface area contributed by atoms with E-state index in [1.54, 1.807) is 17.0 Å². The van der Waals surface area contributed by atoms with Gasteiger partial charge in [-0.05, 0) is 37.1 Å². The predicted octanol–water partition coefficient (Wildman–Crippen LogP) is 0.907. The average Bonchev–Trinajstić information content (AvgIpc) is 3.13. The molecule has 2 saturated heterocycles. The van der Waals surface area contributed by atoms with Gasteiger partial charge in [0.25, 0.3) is 0 Å². The number of carbonyl (C=O) groups excluding carboxylic acids is 1. The monoisotopic (exact) mass is 342 g/mol. The van der Waals surface area contributed by atoms with Crippen LogP contribution in [0.2, 0.25) is 0 Å². The second-order valence-electron chi connectivity index (χ2n) is 5.89. The Morgan fingerprint density at radius 1 is 1.26 bits per heavy atom. The maximum Gasteiger partial charge on any atom is 0.243 e. The molecule has 23 heavy (non-hydrogen) atoms. The number of sulfonamides is 1. The highest BCUT2D eigenvalue weighted by Crippen LogP contribution is 2.29. The summed E-state index contributed by atoms with van der Waals surface area (Å²) in [5.74, 6) is 0.0285. The van der Waals surface area contributed by atoms with E-state index in [2.05, 4.69) is 0 Å². The zero-order chi connectivity index (χ0) is 16.6. The second-order valence-corrected chi connectivity index (χ2v) is 7.78. The van der Waals surface area contributed by atoms with Gasteiger partial charge in [0, 0.05) is 25.2 Å². The molecule has 3 rings (SSSR count). The molecule has 1 amide bonds. The van der Waals surface area contributed by atoms with Gasteiger partial charge in [-0.3, -0.25) is 4.79 Å². The van der Waals surface area contributed by atoms with E-state index in [1.807, 2.05) is 0 Å². The van der Waals surface area contributed by atoms with E-state index in [9.17, 15) is 22.7 Å². The van der Waals surface area contributed by atoms with Gasteiger partial charge in [-0.2, -0.15) is 4.31 Å². The predicted molar refractivity (Wildman–Crippen MR) is 82.3 cm³/mol. The summed E-state index contributed by atoms with van der Waals surface area (Å²) in [7, 11) is -3.86. The van der Waals surface area contributed by atoms with Crippen LogP contribution in [0.1, 0.15) is 19.3 Å². The number of halogens is 1. The van der Waals surface area contributed by atoms with Crippen molar-refractivity contribution in [3.63, 3.8) is 0 Å². The van der Waals surface area contributed by atoms with Gasteiger partial charge in [-0.15, -0.1) is 0 Å². The third-order valence-corrected chi connectivity index (χ3v) is 6.28. The first kappa shape index (κ1) is 16.4. The highest BCUT2D eigenvalue weighted by molar-refractivity contribution is 7.89. The summed E-state index contributed by atoms with van der Waals surface area (Å²) >= 11 is 0. The minimum atomic E-state index is -3.86. The zero-order valence-corrected chi connectivity index (χ0v) is 13.4. The van der Waals surface area contributed by atoms with Crippen molar-refractivity contribution in [2.45, 2.75) is 36.4 Å². The van der Waals surface area contributed by atoms with Crippen LogP contribution in [-0.4, -0.2) is 55.6 Å². The zero-order valence-electron chi connectivity index (χ0n) is 12.6. The minimum Gasteiger partial charge on any atom is -0.395 e. The molecule has 0 spiro atoms. The maximum absolute atomic E-state index is 13.5. The Kier molecular flexibility index (Phi) is 4.39. The summed E-state index contributed by atoms with van der Waals surface area (Å²) in [6.45, 7) is -0.00684. The summed E-state index contributed by atoms with van der Waals surface area (Å²) in [6, 6.07) is 5.31. The Bertz CT molecular complexity index is 692. The van der Waals surface area contributed by atoms with Gasteiger partial charge in [-0.1, -0.05) is 0 Å². The van der Waals surface area contributed by atoms with Crippen LogP contribution in [0.3, 0.4) is 0 Å². The number of hydrogen-bond donors (Lipinski definition) is 1. The van der Waals surface area contributed by atoms with Crippen LogP contribution in [0.5, 0.6) is 0 Å². The van der Waals surface area contributed by atoms with E-state index in [4.69, 9.17) is 0 Å². The van der Waals surface area contributed by atoms with Crippen LogP contribution in [0.25, 0.3) is 0 Å². The molecule has 2 fully saturated rings. The van der Waals surface area contributed by atoms with E-state index >= 15 is 0 Å². The molecule has 2 heterocycles. The van der Waals surface area contributed by atoms with Crippen LogP contribution in [-0.2, 0) is 14.8 Å². The lowest BCUT2D eigenvalue weighted by Gasteiger charge is -2.22. The molecule has 1 N–H and O–H groups in total. The SMILES string of the molecule is O=C1CCCN1c1ccc(S(=O)(=O)N2C[C@@H](F)C[C@H]2CO)cc1. The van der Waals surface area contributed by atoms with Crippen molar-refractivity contribution < 1.29 is 22.7 Å². The van der Waals surface area contributed by atoms with Gasteiger partial charge in [0.1, 0.15) is 6.17 Å². The number of benzene rings is 1. The van der Waals surface area contributed by atoms with Crippen molar-refractivity contribution in [3.05, 3.63) is 24.3 Å². The molecule has 0 aromatic heterocycles. The Labute approximate surface area is 134 Å². The summed E-state index contributed by atoms with van der Waals surface area (Å²) in [5.41, 5.74) is 0.662. The molecule has 0 unspecified atom stereocenters. The average molecular weight is 342 g/mol. The van der Waals surface area contributed by atoms with Gasteiger partial charge >= 0.3 is 0 Å². The van der Waals surface area contributed by atoms with Crippen molar-refractivity contribution in [3.8, 4) is 0 Å². The lowest BCUT2D eigenvalue weighted by molar-refractivity contribution is -0.117. The second kappa shape index (κ2) is 6.18. The van der Waals surface area contributed by atoms with E-state index in [0.717, 1.165) is 10.7 Å². The third-order valence-electron chi connectivity index (χ3n) is 4.35. The first-order chi connectivity index (χ1) is 10.9. The van der Waals surface area contributed by atoms with E-state index in [0.29, 0.717) is 18.7 Å². The smallest absolute Gasteiger partial charge is 0.243 e. The molecule has 2 aliphatic rings. The Morgan fingerprint density at radius 3 is 2.52 bits per heavy atom. The van der Waals surface area contributed by atoms with Crippen LogP contribution < -0.4 is 4.90 Å². The summed E-state index contributed by atoms with van der Waals surface area (Å²) < 4.78 is 39.8. The van der Waals surface area contributed by atoms with Gasteiger partial charge in [0.15, 0.2) is 0 Å². The van der Waals surface area contributed by atoms with Crippen LogP contribution in [0, 0.1) is 0 Å². The molecule has 1 aromatic carbocycles. The normalized spacial score (nSPS) is 26.2. The number of hydrogen-bond acceptors (Lipinski definition) is 4. The Morgan fingerprint density at radius 2 is 1.96 bits per heavy atom. The van der Waals surface area contributed by atoms with Gasteiger partial charge < -0.3 is 10.0 Å². The molecule has 8 heteroatoms. The van der Waals surface area contributed by atoms with Crippen molar-refractivity contribution in [2.24, 2.45) is 0 Å². The summed E-state index contributed by atoms with van der Waals surface area (Å²) in [4.78, 5) is 13.4. The fourth-order valence-corrected chi connectivity index (χ4v) is 4.80. The number of aliphatic hydroxyl groups excluding tert-OH is 1. The highest BCUT2D eigenvalue weighted by atomic mass is 32.2. The fraction of sp³-hybridized carbons (Fsp3) is 0.533. The molecule has 0 bridgehead atoms. The molecule has 6 nitrogen and oxygen atoms in total. The first-order valence-corrected chi connectivity index (χ1v) is 9.04. The molecule has 0 aliphatic carbocycles. The number of rotatable bonds is 4. The molecular formula is C15H19FN2O4S. The van der Waals surface area contributed by atoms with Crippen molar-refractivity contribution in [1.29, 1.82) is 0 Å². The largest absolute Gasteiger partial charge is 0.395 e. The third kappa shape index (κ3) is 2.98. The number of nitrogens with zero attached hydrogens (tertiary/aromatic N) is 2. The topological polar surface area (TPSA) is 77.9 Å². The van der Waals surface area contributed by atoms with E-state index in [1.165, 1.54) is 12.1 Å². The Hall–Kier alpha value is -1.51. The molecule has 0 saturated carbocycles. The minimum absolute atomic E-state index is 0.0100. The van der Waals surface area contributed by atoms with Crippen LogP contribution >= 0.6 is 0 Å². The molecule has 2 aliphatic heterocycles. The van der Waals surface area contributed by atoms with Crippen molar-refractivity contribution >= 4 is 21.6 Å². The van der Waals surface area contributed by atoms with Gasteiger partial charge in [-0.25, -0.2) is 12.8 Å². The van der Waals surface area contributed by atoms with Gasteiger partial charge in [0.2, 0.25) is 15.9 Å². The molecule has 0 radical (unpaired) electrons. The Balaban J connectivity index is 1.84. The lowest BCUT2D eigenvalue weighted by atomic mass is 10.2. The van der Waals surface area contributed by atoms with E-state index in [-0.39, 0.29) is 23.8 Å². The van der Waals surface area contributed by atoms with Gasteiger partial charge in [0.05, 0.1) is 17.5 Å². The summed E-state index contributed by atoms with van der Waals surface area (Å²) in [6.07, 6.45) is 0.0475. The summed E-state index contributed by atoms with van der Waals surface area (Å²) in [5, 5.41) is 9.26. The lowest BCUT2D eigenvalue weighted by Crippen LogP contribution is -2.37. The number of amides is 1. The molecule has 1 aromatic rings. The number of anilines is 1. The van der Waals surface area contributed by atoms with Crippen molar-refractivity contribution in [2.75, 3.05) is 24.6 Å². The molecular weight excluding hydrogens is 323 g/mol. The quantitative estimate of drug-likeness (QED) is 0.882. The molecule has 2 atom stereocenters. The standard InChI is InChI=1S/C15H19FN2O4S/c16-11-8-13(10-19)18(9-11)23(21,22)14-5-3-12(4-6-14)17-7-1-2-15(17)20/h3-6,11,13,19H,1-2,7-10H2/t11-,13-/m0/s1. The fourth-order valence-electron chi connectivity index (χ4n) is 3.15. The maximum atomic E-state index is 13.5.